The number of hydrogen-bond donors (Lipinski definition) is 0. The third-order valence-electron chi connectivity index (χ3n) is 4.63. The molecule has 0 spiro atoms. The Morgan fingerprint density at radius 2 is 1.17 bits per heavy atom. The van der Waals surface area contributed by atoms with E-state index in [0.29, 0.717) is 23.9 Å². The van der Waals surface area contributed by atoms with Crippen molar-refractivity contribution in [3.8, 4) is 0 Å². The molecule has 2 aromatic carbocycles. The maximum absolute atomic E-state index is 13.0. The van der Waals surface area contributed by atoms with Crippen LogP contribution in [-0.2, 0) is 6.54 Å². The van der Waals surface area contributed by atoms with E-state index in [1.54, 1.807) is 12.1 Å². The molecule has 0 amide bonds. The first-order chi connectivity index (χ1) is 11.7. The molecule has 0 radical (unpaired) electrons. The molecule has 4 heteroatoms. The zero-order chi connectivity index (χ0) is 17.1. The van der Waals surface area contributed by atoms with Crippen molar-refractivity contribution in [2.45, 2.75) is 20.4 Å². The summed E-state index contributed by atoms with van der Waals surface area (Å²) in [7, 11) is 0. The molecule has 0 atom stereocenters. The van der Waals surface area contributed by atoms with Gasteiger partial charge in [0.25, 0.3) is 11.1 Å². The lowest BCUT2D eigenvalue weighted by molar-refractivity contribution is 0.288. The molecule has 3 rings (SSSR count). The molecule has 1 heterocycles. The zero-order valence-corrected chi connectivity index (χ0v) is 14.2. The SMILES string of the molecule is CCN(CC)CCn1c(=O)c2ccccc2c2ccccc2c1=O. The average Bonchev–Trinajstić information content (AvgIpc) is 2.72. The Morgan fingerprint density at radius 1 is 0.750 bits per heavy atom. The number of likely N-dealkylation sites (N-methyl/N-ethyl adjacent to an activating group) is 1. The highest BCUT2D eigenvalue weighted by Gasteiger charge is 2.11. The predicted octanol–water partition coefficient (Wildman–Crippen LogP) is 2.86. The minimum Gasteiger partial charge on any atom is -0.302 e. The fourth-order valence-electron chi connectivity index (χ4n) is 3.18. The predicted molar refractivity (Wildman–Crippen MR) is 99.8 cm³/mol. The van der Waals surface area contributed by atoms with Crippen LogP contribution in [0.4, 0.5) is 0 Å². The first-order valence-electron chi connectivity index (χ1n) is 8.44. The fraction of sp³-hybridized carbons (Fsp3) is 0.300. The number of benzene rings is 2. The smallest absolute Gasteiger partial charge is 0.261 e. The van der Waals surface area contributed by atoms with Crippen LogP contribution in [-0.4, -0.2) is 29.1 Å². The van der Waals surface area contributed by atoms with Crippen molar-refractivity contribution in [2.24, 2.45) is 0 Å². The van der Waals surface area contributed by atoms with Crippen LogP contribution in [0, 0.1) is 0 Å². The van der Waals surface area contributed by atoms with Gasteiger partial charge in [0.1, 0.15) is 0 Å². The first-order valence-corrected chi connectivity index (χ1v) is 8.44. The van der Waals surface area contributed by atoms with Gasteiger partial charge in [0.05, 0.1) is 0 Å². The van der Waals surface area contributed by atoms with Crippen LogP contribution < -0.4 is 11.1 Å². The fourth-order valence-corrected chi connectivity index (χ4v) is 3.18. The van der Waals surface area contributed by atoms with E-state index in [9.17, 15) is 9.59 Å². The van der Waals surface area contributed by atoms with Gasteiger partial charge in [0.2, 0.25) is 0 Å². The molecule has 0 aliphatic carbocycles. The van der Waals surface area contributed by atoms with Crippen LogP contribution in [0.15, 0.2) is 58.1 Å². The van der Waals surface area contributed by atoms with Crippen molar-refractivity contribution in [3.05, 3.63) is 69.2 Å². The summed E-state index contributed by atoms with van der Waals surface area (Å²) in [6.45, 7) is 7.07. The van der Waals surface area contributed by atoms with Crippen LogP contribution in [0.2, 0.25) is 0 Å². The molecular weight excluding hydrogens is 300 g/mol. The summed E-state index contributed by atoms with van der Waals surface area (Å²) in [5.41, 5.74) is -0.419. The lowest BCUT2D eigenvalue weighted by Gasteiger charge is -2.17. The van der Waals surface area contributed by atoms with Crippen molar-refractivity contribution >= 4 is 21.5 Å². The summed E-state index contributed by atoms with van der Waals surface area (Å²) in [5.74, 6) is 0. The molecule has 0 saturated heterocycles. The first kappa shape index (κ1) is 16.4. The Labute approximate surface area is 141 Å². The highest BCUT2D eigenvalue weighted by molar-refractivity contribution is 6.05. The van der Waals surface area contributed by atoms with E-state index in [-0.39, 0.29) is 11.1 Å². The van der Waals surface area contributed by atoms with E-state index in [4.69, 9.17) is 0 Å². The molecule has 3 aromatic rings. The standard InChI is InChI=1S/C20H22N2O2/c1-3-21(4-2)13-14-22-19(23)17-11-7-5-9-15(17)16-10-6-8-12-18(16)20(22)24/h5-12H,3-4,13-14H2,1-2H3. The van der Waals surface area contributed by atoms with E-state index in [1.165, 1.54) is 4.57 Å². The third kappa shape index (κ3) is 2.85. The summed E-state index contributed by atoms with van der Waals surface area (Å²) in [5, 5.41) is 2.85. The molecule has 0 unspecified atom stereocenters. The summed E-state index contributed by atoms with van der Waals surface area (Å²) >= 11 is 0. The molecule has 0 aliphatic heterocycles. The summed E-state index contributed by atoms with van der Waals surface area (Å²) in [6, 6.07) is 14.9. The average molecular weight is 322 g/mol. The van der Waals surface area contributed by atoms with Gasteiger partial charge in [-0.25, -0.2) is 0 Å². The Kier molecular flexibility index (Phi) is 4.76. The zero-order valence-electron chi connectivity index (χ0n) is 14.2. The number of nitrogens with zero attached hydrogens (tertiary/aromatic N) is 2. The normalized spacial score (nSPS) is 11.5. The van der Waals surface area contributed by atoms with Crippen LogP contribution in [0.5, 0.6) is 0 Å². The number of rotatable bonds is 5. The van der Waals surface area contributed by atoms with Gasteiger partial charge in [-0.15, -0.1) is 0 Å². The lowest BCUT2D eigenvalue weighted by atomic mass is 10.1. The molecule has 0 saturated carbocycles. The maximum Gasteiger partial charge on any atom is 0.261 e. The number of aromatic nitrogens is 1. The molecule has 0 bridgehead atoms. The van der Waals surface area contributed by atoms with Crippen molar-refractivity contribution in [2.75, 3.05) is 19.6 Å². The van der Waals surface area contributed by atoms with Crippen LogP contribution in [0.3, 0.4) is 0 Å². The van der Waals surface area contributed by atoms with Gasteiger partial charge < -0.3 is 4.90 Å². The minimum absolute atomic E-state index is 0.209. The third-order valence-corrected chi connectivity index (χ3v) is 4.63. The summed E-state index contributed by atoms with van der Waals surface area (Å²) in [6.07, 6.45) is 0. The maximum atomic E-state index is 13.0. The van der Waals surface area contributed by atoms with Crippen molar-refractivity contribution in [3.63, 3.8) is 0 Å². The van der Waals surface area contributed by atoms with Gasteiger partial charge in [0.15, 0.2) is 0 Å². The van der Waals surface area contributed by atoms with E-state index in [2.05, 4.69) is 18.7 Å². The van der Waals surface area contributed by atoms with Crippen molar-refractivity contribution < 1.29 is 0 Å². The topological polar surface area (TPSA) is 42.3 Å². The van der Waals surface area contributed by atoms with Gasteiger partial charge in [-0.2, -0.15) is 0 Å². The highest BCUT2D eigenvalue weighted by atomic mass is 16.2. The molecule has 0 aliphatic rings. The van der Waals surface area contributed by atoms with Gasteiger partial charge in [0, 0.05) is 23.9 Å². The summed E-state index contributed by atoms with van der Waals surface area (Å²) < 4.78 is 1.39. The molecule has 4 nitrogen and oxygen atoms in total. The minimum atomic E-state index is -0.209. The van der Waals surface area contributed by atoms with E-state index in [1.807, 2.05) is 36.4 Å². The monoisotopic (exact) mass is 322 g/mol. The Bertz CT molecular complexity index is 915. The van der Waals surface area contributed by atoms with Gasteiger partial charge >= 0.3 is 0 Å². The second-order valence-electron chi connectivity index (χ2n) is 5.88. The molecule has 124 valence electrons. The molecule has 0 N–H and O–H groups in total. The van der Waals surface area contributed by atoms with E-state index in [0.717, 1.165) is 23.9 Å². The second-order valence-corrected chi connectivity index (χ2v) is 5.88. The number of hydrogen-bond acceptors (Lipinski definition) is 3. The molecule has 0 fully saturated rings. The van der Waals surface area contributed by atoms with Crippen LogP contribution >= 0.6 is 0 Å². The van der Waals surface area contributed by atoms with E-state index < -0.39 is 0 Å². The largest absolute Gasteiger partial charge is 0.302 e. The van der Waals surface area contributed by atoms with Crippen LogP contribution in [0.1, 0.15) is 13.8 Å². The van der Waals surface area contributed by atoms with Gasteiger partial charge in [-0.3, -0.25) is 14.2 Å². The Balaban J connectivity index is 2.32. The lowest BCUT2D eigenvalue weighted by Crippen LogP contribution is -2.36. The van der Waals surface area contributed by atoms with E-state index >= 15 is 0 Å². The van der Waals surface area contributed by atoms with Crippen LogP contribution in [0.25, 0.3) is 21.5 Å². The van der Waals surface area contributed by atoms with Crippen molar-refractivity contribution in [1.82, 2.24) is 9.47 Å². The van der Waals surface area contributed by atoms with Crippen molar-refractivity contribution in [1.29, 1.82) is 0 Å². The quantitative estimate of drug-likeness (QED) is 0.725. The molecular formula is C20H22N2O2. The Hall–Kier alpha value is -2.46. The second kappa shape index (κ2) is 6.97. The highest BCUT2D eigenvalue weighted by Crippen LogP contribution is 2.19. The molecule has 24 heavy (non-hydrogen) atoms. The van der Waals surface area contributed by atoms with Gasteiger partial charge in [-0.05, 0) is 36.0 Å². The summed E-state index contributed by atoms with van der Waals surface area (Å²) in [4.78, 5) is 28.2. The Morgan fingerprint density at radius 3 is 1.58 bits per heavy atom. The molecule has 1 aromatic heterocycles. The number of fused-ring (bicyclic) bond motifs is 3. The van der Waals surface area contributed by atoms with Gasteiger partial charge in [-0.1, -0.05) is 50.2 Å².